The van der Waals surface area contributed by atoms with Crippen LogP contribution in [-0.2, 0) is 0 Å². The highest BCUT2D eigenvalue weighted by Gasteiger charge is 2.23. The van der Waals surface area contributed by atoms with E-state index >= 15 is 0 Å². The van der Waals surface area contributed by atoms with E-state index in [4.69, 9.17) is 0 Å². The van der Waals surface area contributed by atoms with E-state index in [2.05, 4.69) is 10.6 Å². The third-order valence-corrected chi connectivity index (χ3v) is 6.44. The fourth-order valence-electron chi connectivity index (χ4n) is 3.10. The van der Waals surface area contributed by atoms with Gasteiger partial charge in [-0.25, -0.2) is 4.39 Å². The van der Waals surface area contributed by atoms with Crippen molar-refractivity contribution < 1.29 is 14.0 Å². The van der Waals surface area contributed by atoms with Crippen molar-refractivity contribution in [3.63, 3.8) is 0 Å². The largest absolute Gasteiger partial charge is 0.345 e. The van der Waals surface area contributed by atoms with E-state index in [0.29, 0.717) is 16.1 Å². The molecular weight excluding hydrogens is 395 g/mol. The lowest BCUT2D eigenvalue weighted by atomic mass is 10.0. The predicted octanol–water partition coefficient (Wildman–Crippen LogP) is 5.11. The van der Waals surface area contributed by atoms with E-state index in [9.17, 15) is 14.0 Å². The lowest BCUT2D eigenvalue weighted by molar-refractivity contribution is 0.0933. The molecule has 1 atom stereocenters. The average Bonchev–Trinajstić information content (AvgIpc) is 3.24. The van der Waals surface area contributed by atoms with Crippen molar-refractivity contribution in [2.24, 2.45) is 0 Å². The fourth-order valence-corrected chi connectivity index (χ4v) is 4.82. The molecule has 1 aliphatic rings. The number of thiophene rings is 1. The summed E-state index contributed by atoms with van der Waals surface area (Å²) < 4.78 is 13.7. The van der Waals surface area contributed by atoms with Crippen LogP contribution in [0, 0.1) is 5.82 Å². The molecule has 0 radical (unpaired) electrons. The number of rotatable bonds is 4. The molecule has 142 valence electrons. The van der Waals surface area contributed by atoms with E-state index in [-0.39, 0.29) is 23.7 Å². The molecule has 0 bridgehead atoms. The predicted molar refractivity (Wildman–Crippen MR) is 111 cm³/mol. The summed E-state index contributed by atoms with van der Waals surface area (Å²) in [5, 5.41) is 7.64. The summed E-state index contributed by atoms with van der Waals surface area (Å²) in [6, 6.07) is 14.8. The molecule has 4 nitrogen and oxygen atoms in total. The molecule has 2 N–H and O–H groups in total. The van der Waals surface area contributed by atoms with Gasteiger partial charge in [0.1, 0.15) is 5.82 Å². The maximum absolute atomic E-state index is 13.7. The Kier molecular flexibility index (Phi) is 5.45. The molecule has 2 heterocycles. The molecule has 0 aliphatic carbocycles. The fraction of sp³-hybridized carbons (Fsp3) is 0.143. The topological polar surface area (TPSA) is 58.2 Å². The van der Waals surface area contributed by atoms with Crippen LogP contribution in [0.1, 0.15) is 38.1 Å². The molecule has 0 spiro atoms. The van der Waals surface area contributed by atoms with Gasteiger partial charge in [-0.05, 0) is 59.8 Å². The van der Waals surface area contributed by atoms with E-state index in [1.54, 1.807) is 48.2 Å². The van der Waals surface area contributed by atoms with Crippen LogP contribution >= 0.6 is 23.1 Å². The highest BCUT2D eigenvalue weighted by molar-refractivity contribution is 7.99. The van der Waals surface area contributed by atoms with Gasteiger partial charge in [0.05, 0.1) is 10.9 Å². The molecule has 28 heavy (non-hydrogen) atoms. The molecule has 1 unspecified atom stereocenters. The standard InChI is InChI=1S/C21H17FN2O2S2/c22-14-6-7-18-16(12-14)17(8-10-28-18)24-20(25)13-3-1-4-15(11-13)23-21(26)19-5-2-9-27-19/h1-7,9,11-12,17H,8,10H2,(H,23,26)(H,24,25). The Hall–Kier alpha value is -2.64. The number of thioether (sulfide) groups is 1. The molecule has 1 aliphatic heterocycles. The highest BCUT2D eigenvalue weighted by atomic mass is 32.2. The van der Waals surface area contributed by atoms with E-state index in [1.807, 2.05) is 11.4 Å². The maximum atomic E-state index is 13.7. The number of amides is 2. The minimum Gasteiger partial charge on any atom is -0.345 e. The SMILES string of the molecule is O=C(NC1CCSc2ccc(F)cc21)c1cccc(NC(=O)c2cccs2)c1. The zero-order valence-corrected chi connectivity index (χ0v) is 16.4. The molecule has 3 aromatic rings. The zero-order valence-electron chi connectivity index (χ0n) is 14.8. The number of hydrogen-bond acceptors (Lipinski definition) is 4. The molecule has 0 fully saturated rings. The lowest BCUT2D eigenvalue weighted by Crippen LogP contribution is -2.30. The third kappa shape index (κ3) is 4.10. The Morgan fingerprint density at radius 3 is 2.75 bits per heavy atom. The quantitative estimate of drug-likeness (QED) is 0.626. The highest BCUT2D eigenvalue weighted by Crippen LogP contribution is 2.36. The van der Waals surface area contributed by atoms with E-state index in [0.717, 1.165) is 22.6 Å². The number of anilines is 1. The van der Waals surface area contributed by atoms with Gasteiger partial charge in [-0.2, -0.15) is 0 Å². The van der Waals surface area contributed by atoms with Gasteiger partial charge in [0, 0.05) is 21.9 Å². The Balaban J connectivity index is 1.49. The minimum absolute atomic E-state index is 0.207. The number of carbonyl (C=O) groups excluding carboxylic acids is 2. The Bertz CT molecular complexity index is 1020. The molecular formula is C21H17FN2O2S2. The number of halogens is 1. The number of carbonyl (C=O) groups is 2. The van der Waals surface area contributed by atoms with Gasteiger partial charge in [0.15, 0.2) is 0 Å². The van der Waals surface area contributed by atoms with Crippen LogP contribution in [-0.4, -0.2) is 17.6 Å². The summed E-state index contributed by atoms with van der Waals surface area (Å²) in [6.45, 7) is 0. The van der Waals surface area contributed by atoms with Gasteiger partial charge in [-0.3, -0.25) is 9.59 Å². The molecule has 4 rings (SSSR count). The van der Waals surface area contributed by atoms with Crippen LogP contribution in [0.3, 0.4) is 0 Å². The second-order valence-electron chi connectivity index (χ2n) is 6.36. The van der Waals surface area contributed by atoms with Crippen molar-refractivity contribution >= 4 is 40.6 Å². The van der Waals surface area contributed by atoms with Gasteiger partial charge in [0.25, 0.3) is 11.8 Å². The van der Waals surface area contributed by atoms with Crippen LogP contribution in [0.5, 0.6) is 0 Å². The van der Waals surface area contributed by atoms with Gasteiger partial charge < -0.3 is 10.6 Å². The molecule has 2 amide bonds. The normalized spacial score (nSPS) is 15.5. The van der Waals surface area contributed by atoms with Crippen molar-refractivity contribution in [1.82, 2.24) is 5.32 Å². The van der Waals surface area contributed by atoms with E-state index in [1.165, 1.54) is 23.5 Å². The second kappa shape index (κ2) is 8.16. The van der Waals surface area contributed by atoms with E-state index < -0.39 is 0 Å². The molecule has 0 saturated heterocycles. The molecule has 0 saturated carbocycles. The maximum Gasteiger partial charge on any atom is 0.265 e. The van der Waals surface area contributed by atoms with Crippen LogP contribution in [0.25, 0.3) is 0 Å². The van der Waals surface area contributed by atoms with Crippen molar-refractivity contribution in [2.45, 2.75) is 17.4 Å². The second-order valence-corrected chi connectivity index (χ2v) is 8.44. The smallest absolute Gasteiger partial charge is 0.265 e. The molecule has 1 aromatic heterocycles. The van der Waals surface area contributed by atoms with Crippen molar-refractivity contribution in [3.05, 3.63) is 81.8 Å². The summed E-state index contributed by atoms with van der Waals surface area (Å²) in [5.41, 5.74) is 1.81. The molecule has 2 aromatic carbocycles. The Morgan fingerprint density at radius 1 is 1.04 bits per heavy atom. The van der Waals surface area contributed by atoms with Gasteiger partial charge >= 0.3 is 0 Å². The zero-order chi connectivity index (χ0) is 19.5. The van der Waals surface area contributed by atoms with Crippen molar-refractivity contribution in [2.75, 3.05) is 11.1 Å². The summed E-state index contributed by atoms with van der Waals surface area (Å²) in [4.78, 5) is 26.6. The van der Waals surface area contributed by atoms with Crippen molar-refractivity contribution in [3.8, 4) is 0 Å². The lowest BCUT2D eigenvalue weighted by Gasteiger charge is -2.26. The number of nitrogens with one attached hydrogen (secondary N) is 2. The first-order valence-electron chi connectivity index (χ1n) is 8.78. The first kappa shape index (κ1) is 18.7. The van der Waals surface area contributed by atoms with Crippen LogP contribution in [0.15, 0.2) is 64.9 Å². The summed E-state index contributed by atoms with van der Waals surface area (Å²) in [6.07, 6.45) is 0.738. The first-order chi connectivity index (χ1) is 13.6. The summed E-state index contributed by atoms with van der Waals surface area (Å²) in [5.74, 6) is 0.0971. The van der Waals surface area contributed by atoms with Crippen molar-refractivity contribution in [1.29, 1.82) is 0 Å². The number of fused-ring (bicyclic) bond motifs is 1. The van der Waals surface area contributed by atoms with Gasteiger partial charge in [0.2, 0.25) is 0 Å². The number of hydrogen-bond donors (Lipinski definition) is 2. The van der Waals surface area contributed by atoms with Crippen LogP contribution in [0.4, 0.5) is 10.1 Å². The van der Waals surface area contributed by atoms with Gasteiger partial charge in [-0.15, -0.1) is 23.1 Å². The average molecular weight is 413 g/mol. The monoisotopic (exact) mass is 412 g/mol. The van der Waals surface area contributed by atoms with Crippen LogP contribution < -0.4 is 10.6 Å². The Labute approximate surface area is 170 Å². The minimum atomic E-state index is -0.307. The summed E-state index contributed by atoms with van der Waals surface area (Å²) in [7, 11) is 0. The number of benzene rings is 2. The summed E-state index contributed by atoms with van der Waals surface area (Å²) >= 11 is 3.02. The Morgan fingerprint density at radius 2 is 1.93 bits per heavy atom. The molecule has 7 heteroatoms. The first-order valence-corrected chi connectivity index (χ1v) is 10.6. The van der Waals surface area contributed by atoms with Crippen LogP contribution in [0.2, 0.25) is 0 Å². The third-order valence-electron chi connectivity index (χ3n) is 4.44. The van der Waals surface area contributed by atoms with Gasteiger partial charge in [-0.1, -0.05) is 12.1 Å².